The van der Waals surface area contributed by atoms with E-state index in [-0.39, 0.29) is 11.8 Å². The van der Waals surface area contributed by atoms with Crippen molar-refractivity contribution in [2.24, 2.45) is 11.8 Å². The van der Waals surface area contributed by atoms with Gasteiger partial charge in [-0.1, -0.05) is 12.2 Å². The Balaban J connectivity index is 2.43. The van der Waals surface area contributed by atoms with Gasteiger partial charge < -0.3 is 0 Å². The molecule has 0 aromatic rings. The quantitative estimate of drug-likeness (QED) is 0.224. The lowest BCUT2D eigenvalue weighted by atomic mass is 10.1. The Kier molecular flexibility index (Phi) is 1.85. The molecule has 3 N–H and O–H groups in total. The second-order valence-corrected chi connectivity index (χ2v) is 2.12. The third-order valence-corrected chi connectivity index (χ3v) is 1.49. The second kappa shape index (κ2) is 2.64. The fraction of sp³-hybridized carbons (Fsp3) is 0.500. The van der Waals surface area contributed by atoms with E-state index in [4.69, 9.17) is 5.84 Å². The monoisotopic (exact) mass is 126 g/mol. The number of nitrogens with two attached hydrogens (primary N) is 1. The zero-order valence-electron chi connectivity index (χ0n) is 5.13. The number of carbonyl (C=O) groups is 1. The molecule has 1 rings (SSSR count). The van der Waals surface area contributed by atoms with Crippen LogP contribution in [0.1, 0.15) is 12.8 Å². The number of rotatable bonds is 1. The number of allylic oxidation sites excluding steroid dienone is 1. The SMILES string of the molecule is NNC(=O)C1C=CCC1. The van der Waals surface area contributed by atoms with Crippen LogP contribution >= 0.6 is 0 Å². The van der Waals surface area contributed by atoms with Crippen molar-refractivity contribution >= 4 is 5.91 Å². The first kappa shape index (κ1) is 6.29. The average Bonchev–Trinajstić information content (AvgIpc) is 2.37. The van der Waals surface area contributed by atoms with E-state index in [2.05, 4.69) is 5.43 Å². The maximum Gasteiger partial charge on any atom is 0.240 e. The number of hydrazine groups is 1. The molecular weight excluding hydrogens is 116 g/mol. The largest absolute Gasteiger partial charge is 0.294 e. The normalized spacial score (nSPS) is 24.3. The molecule has 1 aliphatic carbocycles. The third kappa shape index (κ3) is 1.29. The number of nitrogens with one attached hydrogen (secondary N) is 1. The first-order valence-corrected chi connectivity index (χ1v) is 3.01. The van der Waals surface area contributed by atoms with Crippen molar-refractivity contribution in [3.05, 3.63) is 12.2 Å². The van der Waals surface area contributed by atoms with Gasteiger partial charge in [0.1, 0.15) is 0 Å². The summed E-state index contributed by atoms with van der Waals surface area (Å²) in [6.07, 6.45) is 5.79. The molecule has 1 atom stereocenters. The summed E-state index contributed by atoms with van der Waals surface area (Å²) in [5, 5.41) is 0. The molecule has 0 aromatic heterocycles. The lowest BCUT2D eigenvalue weighted by Gasteiger charge is -2.02. The van der Waals surface area contributed by atoms with Gasteiger partial charge in [-0.2, -0.15) is 0 Å². The van der Waals surface area contributed by atoms with Gasteiger partial charge in [0.05, 0.1) is 5.92 Å². The van der Waals surface area contributed by atoms with Crippen LogP contribution in [0.4, 0.5) is 0 Å². The Morgan fingerprint density at radius 1 is 1.78 bits per heavy atom. The number of carbonyl (C=O) groups excluding carboxylic acids is 1. The van der Waals surface area contributed by atoms with Gasteiger partial charge in [-0.05, 0) is 12.8 Å². The predicted molar refractivity (Wildman–Crippen MR) is 34.2 cm³/mol. The van der Waals surface area contributed by atoms with Crippen molar-refractivity contribution in [1.29, 1.82) is 0 Å². The molecule has 50 valence electrons. The van der Waals surface area contributed by atoms with Crippen molar-refractivity contribution in [3.63, 3.8) is 0 Å². The van der Waals surface area contributed by atoms with Crippen molar-refractivity contribution in [3.8, 4) is 0 Å². The molecule has 1 unspecified atom stereocenters. The topological polar surface area (TPSA) is 55.1 Å². The molecule has 0 saturated carbocycles. The van der Waals surface area contributed by atoms with Crippen LogP contribution in [0, 0.1) is 5.92 Å². The Labute approximate surface area is 53.9 Å². The van der Waals surface area contributed by atoms with Gasteiger partial charge in [0.15, 0.2) is 0 Å². The van der Waals surface area contributed by atoms with E-state index < -0.39 is 0 Å². The highest BCUT2D eigenvalue weighted by Crippen LogP contribution is 2.15. The summed E-state index contributed by atoms with van der Waals surface area (Å²) in [6, 6.07) is 0. The van der Waals surface area contributed by atoms with E-state index in [0.29, 0.717) is 0 Å². The van der Waals surface area contributed by atoms with Gasteiger partial charge in [-0.25, -0.2) is 5.84 Å². The molecule has 0 heterocycles. The molecular formula is C6H10N2O. The van der Waals surface area contributed by atoms with Gasteiger partial charge >= 0.3 is 0 Å². The summed E-state index contributed by atoms with van der Waals surface area (Å²) in [5.74, 6) is 4.86. The van der Waals surface area contributed by atoms with Gasteiger partial charge in [0.2, 0.25) is 5.91 Å². The van der Waals surface area contributed by atoms with Crippen molar-refractivity contribution in [2.75, 3.05) is 0 Å². The minimum atomic E-state index is -0.0799. The van der Waals surface area contributed by atoms with Crippen LogP contribution in [-0.4, -0.2) is 5.91 Å². The molecule has 0 aliphatic heterocycles. The van der Waals surface area contributed by atoms with E-state index in [1.165, 1.54) is 0 Å². The summed E-state index contributed by atoms with van der Waals surface area (Å²) in [6.45, 7) is 0. The summed E-state index contributed by atoms with van der Waals surface area (Å²) in [5.41, 5.74) is 2.12. The molecule has 0 bridgehead atoms. The highest BCUT2D eigenvalue weighted by Gasteiger charge is 2.15. The van der Waals surface area contributed by atoms with Crippen molar-refractivity contribution in [2.45, 2.75) is 12.8 Å². The van der Waals surface area contributed by atoms with Crippen molar-refractivity contribution in [1.82, 2.24) is 5.43 Å². The van der Waals surface area contributed by atoms with Crippen LogP contribution in [0.25, 0.3) is 0 Å². The molecule has 3 nitrogen and oxygen atoms in total. The summed E-state index contributed by atoms with van der Waals surface area (Å²) >= 11 is 0. The van der Waals surface area contributed by atoms with Crippen LogP contribution in [0.15, 0.2) is 12.2 Å². The minimum absolute atomic E-state index is 0.0231. The zero-order valence-corrected chi connectivity index (χ0v) is 5.13. The average molecular weight is 126 g/mol. The fourth-order valence-corrected chi connectivity index (χ4v) is 0.958. The smallest absolute Gasteiger partial charge is 0.240 e. The zero-order chi connectivity index (χ0) is 6.69. The van der Waals surface area contributed by atoms with Crippen LogP contribution in [0.2, 0.25) is 0 Å². The van der Waals surface area contributed by atoms with Crippen LogP contribution in [0.3, 0.4) is 0 Å². The van der Waals surface area contributed by atoms with Gasteiger partial charge in [0, 0.05) is 0 Å². The molecule has 9 heavy (non-hydrogen) atoms. The maximum atomic E-state index is 10.7. The van der Waals surface area contributed by atoms with E-state index >= 15 is 0 Å². The summed E-state index contributed by atoms with van der Waals surface area (Å²) in [4.78, 5) is 10.7. The first-order chi connectivity index (χ1) is 4.34. The van der Waals surface area contributed by atoms with E-state index in [9.17, 15) is 4.79 Å². The van der Waals surface area contributed by atoms with Crippen LogP contribution in [0.5, 0.6) is 0 Å². The van der Waals surface area contributed by atoms with Gasteiger partial charge in [0.25, 0.3) is 0 Å². The molecule has 0 aromatic carbocycles. The summed E-state index contributed by atoms with van der Waals surface area (Å²) < 4.78 is 0. The second-order valence-electron chi connectivity index (χ2n) is 2.12. The molecule has 0 radical (unpaired) electrons. The number of hydrogen-bond donors (Lipinski definition) is 2. The lowest BCUT2D eigenvalue weighted by Crippen LogP contribution is -2.34. The van der Waals surface area contributed by atoms with E-state index in [1.807, 2.05) is 12.2 Å². The lowest BCUT2D eigenvalue weighted by molar-refractivity contribution is -0.123. The maximum absolute atomic E-state index is 10.7. The first-order valence-electron chi connectivity index (χ1n) is 3.01. The van der Waals surface area contributed by atoms with E-state index in [0.717, 1.165) is 12.8 Å². The summed E-state index contributed by atoms with van der Waals surface area (Å²) in [7, 11) is 0. The number of hydrogen-bond acceptors (Lipinski definition) is 2. The standard InChI is InChI=1S/C6H10N2O/c7-8-6(9)5-3-1-2-4-5/h1,3,5H,2,4,7H2,(H,8,9). The molecule has 0 fully saturated rings. The molecule has 1 aliphatic rings. The van der Waals surface area contributed by atoms with Crippen LogP contribution in [-0.2, 0) is 4.79 Å². The minimum Gasteiger partial charge on any atom is -0.294 e. The third-order valence-electron chi connectivity index (χ3n) is 1.49. The molecule has 0 spiro atoms. The number of amides is 1. The molecule has 0 saturated heterocycles. The predicted octanol–water partition coefficient (Wildman–Crippen LogP) is -0.0575. The molecule has 1 amide bonds. The molecule has 3 heteroatoms. The highest BCUT2D eigenvalue weighted by molar-refractivity contribution is 5.80. The highest BCUT2D eigenvalue weighted by atomic mass is 16.2. The van der Waals surface area contributed by atoms with Gasteiger partial charge in [-0.15, -0.1) is 0 Å². The fourth-order valence-electron chi connectivity index (χ4n) is 0.958. The Hall–Kier alpha value is -0.830. The van der Waals surface area contributed by atoms with Crippen LogP contribution < -0.4 is 11.3 Å². The van der Waals surface area contributed by atoms with E-state index in [1.54, 1.807) is 0 Å². The Bertz CT molecular complexity index is 142. The Morgan fingerprint density at radius 2 is 2.56 bits per heavy atom. The van der Waals surface area contributed by atoms with Crippen molar-refractivity contribution < 1.29 is 4.79 Å². The Morgan fingerprint density at radius 3 is 3.00 bits per heavy atom. The van der Waals surface area contributed by atoms with Gasteiger partial charge in [-0.3, -0.25) is 10.2 Å².